The maximum atomic E-state index is 6.00. The highest BCUT2D eigenvalue weighted by molar-refractivity contribution is 6.30. The molecule has 3 aromatic rings. The number of fused-ring (bicyclic) bond motifs is 1. The molecule has 0 spiro atoms. The Hall–Kier alpha value is -2.11. The van der Waals surface area contributed by atoms with Crippen molar-refractivity contribution < 1.29 is 0 Å². The lowest BCUT2D eigenvalue weighted by molar-refractivity contribution is 0.424. The minimum absolute atomic E-state index is 0.0548. The SMILES string of the molecule is Clc1ccc([C@@H]2C[C@@H](c3ccc(Cl)cc3)n3nnnc3N2)cc1. The van der Waals surface area contributed by atoms with Crippen LogP contribution in [0.4, 0.5) is 5.95 Å². The summed E-state index contributed by atoms with van der Waals surface area (Å²) in [4.78, 5) is 0. The van der Waals surface area contributed by atoms with Crippen LogP contribution in [-0.4, -0.2) is 20.2 Å². The zero-order chi connectivity index (χ0) is 15.8. The minimum atomic E-state index is 0.0548. The smallest absolute Gasteiger partial charge is 0.243 e. The molecular formula is C16H13Cl2N5. The summed E-state index contributed by atoms with van der Waals surface area (Å²) in [7, 11) is 0. The summed E-state index contributed by atoms with van der Waals surface area (Å²) in [5.41, 5.74) is 2.28. The van der Waals surface area contributed by atoms with Crippen LogP contribution in [0, 0.1) is 0 Å². The molecule has 1 aromatic heterocycles. The van der Waals surface area contributed by atoms with Gasteiger partial charge in [0.25, 0.3) is 0 Å². The molecule has 7 heteroatoms. The molecule has 2 atom stereocenters. The van der Waals surface area contributed by atoms with Gasteiger partial charge in [-0.25, -0.2) is 4.68 Å². The first-order valence-electron chi connectivity index (χ1n) is 7.26. The molecule has 0 saturated carbocycles. The zero-order valence-corrected chi connectivity index (χ0v) is 13.5. The molecule has 0 bridgehead atoms. The monoisotopic (exact) mass is 345 g/mol. The van der Waals surface area contributed by atoms with Gasteiger partial charge in [-0.3, -0.25) is 0 Å². The average molecular weight is 346 g/mol. The van der Waals surface area contributed by atoms with Crippen molar-refractivity contribution in [2.24, 2.45) is 0 Å². The van der Waals surface area contributed by atoms with Crippen LogP contribution in [-0.2, 0) is 0 Å². The number of nitrogens with zero attached hydrogens (tertiary/aromatic N) is 4. The van der Waals surface area contributed by atoms with Crippen molar-refractivity contribution in [3.8, 4) is 0 Å². The van der Waals surface area contributed by atoms with Crippen molar-refractivity contribution in [1.29, 1.82) is 0 Å². The fourth-order valence-electron chi connectivity index (χ4n) is 2.91. The molecule has 0 aliphatic carbocycles. The van der Waals surface area contributed by atoms with E-state index in [0.717, 1.165) is 22.6 Å². The highest BCUT2D eigenvalue weighted by atomic mass is 35.5. The summed E-state index contributed by atoms with van der Waals surface area (Å²) in [5, 5.41) is 16.8. The third-order valence-corrected chi connectivity index (χ3v) is 4.58. The molecule has 2 heterocycles. The van der Waals surface area contributed by atoms with Gasteiger partial charge in [0.15, 0.2) is 0 Å². The molecular weight excluding hydrogens is 333 g/mol. The van der Waals surface area contributed by atoms with Crippen molar-refractivity contribution in [2.75, 3.05) is 5.32 Å². The summed E-state index contributed by atoms with van der Waals surface area (Å²) >= 11 is 12.0. The number of hydrogen-bond donors (Lipinski definition) is 1. The van der Waals surface area contributed by atoms with Crippen LogP contribution in [0.1, 0.15) is 29.6 Å². The molecule has 0 amide bonds. The lowest BCUT2D eigenvalue weighted by Crippen LogP contribution is -2.28. The number of hydrogen-bond acceptors (Lipinski definition) is 4. The van der Waals surface area contributed by atoms with E-state index in [1.807, 2.05) is 53.2 Å². The first-order valence-corrected chi connectivity index (χ1v) is 8.01. The van der Waals surface area contributed by atoms with E-state index < -0.39 is 0 Å². The number of nitrogens with one attached hydrogen (secondary N) is 1. The molecule has 5 nitrogen and oxygen atoms in total. The fourth-order valence-corrected chi connectivity index (χ4v) is 3.17. The number of halogens is 2. The Balaban J connectivity index is 1.71. The van der Waals surface area contributed by atoms with Crippen molar-refractivity contribution in [2.45, 2.75) is 18.5 Å². The first-order chi connectivity index (χ1) is 11.2. The largest absolute Gasteiger partial charge is 0.346 e. The van der Waals surface area contributed by atoms with Gasteiger partial charge >= 0.3 is 0 Å². The lowest BCUT2D eigenvalue weighted by Gasteiger charge is -2.31. The molecule has 0 fully saturated rings. The van der Waals surface area contributed by atoms with Crippen LogP contribution in [0.5, 0.6) is 0 Å². The zero-order valence-electron chi connectivity index (χ0n) is 12.0. The number of aromatic nitrogens is 4. The van der Waals surface area contributed by atoms with E-state index in [0.29, 0.717) is 11.0 Å². The molecule has 0 unspecified atom stereocenters. The van der Waals surface area contributed by atoms with E-state index in [2.05, 4.69) is 20.8 Å². The van der Waals surface area contributed by atoms with Crippen LogP contribution in [0.25, 0.3) is 0 Å². The topological polar surface area (TPSA) is 55.6 Å². The third-order valence-electron chi connectivity index (χ3n) is 4.08. The van der Waals surface area contributed by atoms with Crippen molar-refractivity contribution >= 4 is 29.2 Å². The van der Waals surface area contributed by atoms with Gasteiger partial charge in [0.2, 0.25) is 5.95 Å². The second-order valence-electron chi connectivity index (χ2n) is 5.50. The highest BCUT2D eigenvalue weighted by Crippen LogP contribution is 2.37. The minimum Gasteiger partial charge on any atom is -0.346 e. The number of tetrazole rings is 1. The van der Waals surface area contributed by atoms with Gasteiger partial charge in [0.1, 0.15) is 0 Å². The number of rotatable bonds is 2. The van der Waals surface area contributed by atoms with Crippen molar-refractivity contribution in [3.05, 3.63) is 69.7 Å². The third kappa shape index (κ3) is 2.78. The Bertz CT molecular complexity index is 813. The van der Waals surface area contributed by atoms with Gasteiger partial charge in [-0.15, -0.1) is 0 Å². The van der Waals surface area contributed by atoms with E-state index in [9.17, 15) is 0 Å². The maximum absolute atomic E-state index is 6.00. The van der Waals surface area contributed by atoms with E-state index in [4.69, 9.17) is 23.2 Å². The van der Waals surface area contributed by atoms with E-state index >= 15 is 0 Å². The maximum Gasteiger partial charge on any atom is 0.243 e. The Morgan fingerprint density at radius 3 is 2.17 bits per heavy atom. The van der Waals surface area contributed by atoms with Crippen LogP contribution < -0.4 is 5.32 Å². The molecule has 1 aliphatic heterocycles. The summed E-state index contributed by atoms with van der Waals surface area (Å²) < 4.78 is 1.82. The van der Waals surface area contributed by atoms with Crippen LogP contribution >= 0.6 is 23.2 Å². The van der Waals surface area contributed by atoms with E-state index in [-0.39, 0.29) is 12.1 Å². The molecule has 1 N–H and O–H groups in total. The normalized spacial score (nSPS) is 19.9. The summed E-state index contributed by atoms with van der Waals surface area (Å²) in [6.07, 6.45) is 0.835. The summed E-state index contributed by atoms with van der Waals surface area (Å²) in [6.45, 7) is 0. The van der Waals surface area contributed by atoms with Gasteiger partial charge in [0.05, 0.1) is 12.1 Å². The Labute approximate surface area is 143 Å². The van der Waals surface area contributed by atoms with Crippen molar-refractivity contribution in [1.82, 2.24) is 20.2 Å². The fraction of sp³-hybridized carbons (Fsp3) is 0.188. The van der Waals surface area contributed by atoms with Gasteiger partial charge in [-0.1, -0.05) is 52.6 Å². The molecule has 2 aromatic carbocycles. The Kier molecular flexibility index (Phi) is 3.67. The molecule has 1 aliphatic rings. The highest BCUT2D eigenvalue weighted by Gasteiger charge is 2.30. The second kappa shape index (κ2) is 5.83. The molecule has 116 valence electrons. The average Bonchev–Trinajstić information content (AvgIpc) is 3.04. The molecule has 0 radical (unpaired) electrons. The predicted octanol–water partition coefficient (Wildman–Crippen LogP) is 4.13. The van der Waals surface area contributed by atoms with Crippen LogP contribution in [0.3, 0.4) is 0 Å². The van der Waals surface area contributed by atoms with Gasteiger partial charge in [-0.05, 0) is 52.2 Å². The second-order valence-corrected chi connectivity index (χ2v) is 6.37. The summed E-state index contributed by atoms with van der Waals surface area (Å²) in [6, 6.07) is 15.8. The summed E-state index contributed by atoms with van der Waals surface area (Å²) in [5.74, 6) is 0.663. The van der Waals surface area contributed by atoms with Crippen LogP contribution in [0.15, 0.2) is 48.5 Å². The Morgan fingerprint density at radius 1 is 0.913 bits per heavy atom. The van der Waals surface area contributed by atoms with Gasteiger partial charge < -0.3 is 5.32 Å². The lowest BCUT2D eigenvalue weighted by atomic mass is 9.93. The standard InChI is InChI=1S/C16H13Cl2N5/c17-12-5-1-10(2-6-12)14-9-15(11-3-7-13(18)8-4-11)23-16(19-14)20-21-22-23/h1-8,14-15H,9H2,(H,19,20,22)/t14-,15-/m0/s1. The molecule has 4 rings (SSSR count). The first kappa shape index (κ1) is 14.5. The van der Waals surface area contributed by atoms with E-state index in [1.54, 1.807) is 0 Å². The van der Waals surface area contributed by atoms with Crippen molar-refractivity contribution in [3.63, 3.8) is 0 Å². The van der Waals surface area contributed by atoms with Gasteiger partial charge in [-0.2, -0.15) is 0 Å². The Morgan fingerprint density at radius 2 is 1.52 bits per heavy atom. The number of anilines is 1. The predicted molar refractivity (Wildman–Crippen MR) is 89.8 cm³/mol. The van der Waals surface area contributed by atoms with E-state index in [1.165, 1.54) is 0 Å². The number of benzene rings is 2. The molecule has 23 heavy (non-hydrogen) atoms. The van der Waals surface area contributed by atoms with Crippen LogP contribution in [0.2, 0.25) is 10.0 Å². The quantitative estimate of drug-likeness (QED) is 0.758. The molecule has 0 saturated heterocycles. The van der Waals surface area contributed by atoms with Gasteiger partial charge in [0, 0.05) is 10.0 Å².